The quantitative estimate of drug-likeness (QED) is 0.794. The lowest BCUT2D eigenvalue weighted by molar-refractivity contribution is -0.127. The second-order valence-corrected chi connectivity index (χ2v) is 4.48. The third-order valence-electron chi connectivity index (χ3n) is 2.89. The van der Waals surface area contributed by atoms with E-state index in [1.807, 2.05) is 30.3 Å². The fourth-order valence-corrected chi connectivity index (χ4v) is 1.75. The van der Waals surface area contributed by atoms with Crippen molar-refractivity contribution < 1.29 is 9.59 Å². The monoisotopic (exact) mass is 268 g/mol. The van der Waals surface area contributed by atoms with Crippen LogP contribution in [0, 0.1) is 0 Å². The van der Waals surface area contributed by atoms with E-state index in [0.717, 1.165) is 5.56 Å². The molecule has 1 atom stereocenters. The van der Waals surface area contributed by atoms with E-state index in [9.17, 15) is 9.59 Å². The number of nitrogens with one attached hydrogen (secondary N) is 2. The van der Waals surface area contributed by atoms with Crippen molar-refractivity contribution in [2.45, 2.75) is 19.5 Å². The van der Waals surface area contributed by atoms with Crippen LogP contribution in [-0.4, -0.2) is 17.9 Å². The average Bonchev–Trinajstić information content (AvgIpc) is 3.00. The molecule has 0 aliphatic heterocycles. The van der Waals surface area contributed by atoms with Gasteiger partial charge in [0.2, 0.25) is 5.91 Å². The molecule has 0 unspecified atom stereocenters. The van der Waals surface area contributed by atoms with E-state index in [-0.39, 0.29) is 11.8 Å². The van der Waals surface area contributed by atoms with Crippen LogP contribution in [-0.2, 0) is 16.1 Å². The minimum absolute atomic E-state index is 0.214. The van der Waals surface area contributed by atoms with Gasteiger partial charge in [0.1, 0.15) is 6.04 Å². The molecule has 0 bridgehead atoms. The third kappa shape index (κ3) is 3.70. The minimum Gasteiger partial charge on any atom is -0.350 e. The summed E-state index contributed by atoms with van der Waals surface area (Å²) >= 11 is 0. The van der Waals surface area contributed by atoms with Crippen molar-refractivity contribution in [2.24, 2.45) is 0 Å². The second-order valence-electron chi connectivity index (χ2n) is 4.48. The molecule has 2 amide bonds. The Bertz CT molecular complexity index is 596. The highest BCUT2D eigenvalue weighted by molar-refractivity contribution is 5.99. The van der Waals surface area contributed by atoms with Gasteiger partial charge in [0.25, 0.3) is 5.91 Å². The number of benzene rings is 1. The lowest BCUT2D eigenvalue weighted by Crippen LogP contribution is -2.44. The molecule has 0 heterocycles. The fraction of sp³-hybridized carbons (Fsp3) is 0.188. The number of carbonyl (C=O) groups excluding carboxylic acids is 2. The van der Waals surface area contributed by atoms with Crippen LogP contribution in [0.4, 0.5) is 0 Å². The van der Waals surface area contributed by atoms with Crippen LogP contribution in [0.1, 0.15) is 12.5 Å². The number of carbonyl (C=O) groups is 2. The summed E-state index contributed by atoms with van der Waals surface area (Å²) in [4.78, 5) is 23.7. The summed E-state index contributed by atoms with van der Waals surface area (Å²) in [7, 11) is 0. The molecule has 0 saturated carbocycles. The maximum absolute atomic E-state index is 11.9. The summed E-state index contributed by atoms with van der Waals surface area (Å²) in [6, 6.07) is 9.03. The Morgan fingerprint density at radius 3 is 2.65 bits per heavy atom. The Balaban J connectivity index is 1.82. The lowest BCUT2D eigenvalue weighted by atomic mass is 10.2. The maximum Gasteiger partial charge on any atom is 0.259 e. The summed E-state index contributed by atoms with van der Waals surface area (Å²) in [5.74, 6) is -0.508. The van der Waals surface area contributed by atoms with Gasteiger partial charge in [0.05, 0.1) is 5.57 Å². The topological polar surface area (TPSA) is 58.2 Å². The van der Waals surface area contributed by atoms with Crippen molar-refractivity contribution in [2.75, 3.05) is 0 Å². The largest absolute Gasteiger partial charge is 0.350 e. The Kier molecular flexibility index (Phi) is 4.53. The van der Waals surface area contributed by atoms with Crippen LogP contribution in [0.5, 0.6) is 0 Å². The number of rotatable bonds is 5. The van der Waals surface area contributed by atoms with Crippen LogP contribution in [0.3, 0.4) is 0 Å². The summed E-state index contributed by atoms with van der Waals surface area (Å²) in [5, 5.41) is 5.42. The first-order valence-electron chi connectivity index (χ1n) is 6.42. The third-order valence-corrected chi connectivity index (χ3v) is 2.89. The van der Waals surface area contributed by atoms with Crippen LogP contribution >= 0.6 is 0 Å². The Morgan fingerprint density at radius 1 is 1.25 bits per heavy atom. The summed E-state index contributed by atoms with van der Waals surface area (Å²) in [6.07, 6.45) is 5.05. The maximum atomic E-state index is 11.9. The summed E-state index contributed by atoms with van der Waals surface area (Å²) < 4.78 is 0. The molecule has 0 fully saturated rings. The number of allylic oxidation sites excluding steroid dienone is 1. The molecule has 1 aromatic rings. The molecule has 20 heavy (non-hydrogen) atoms. The van der Waals surface area contributed by atoms with Crippen LogP contribution in [0.2, 0.25) is 0 Å². The normalized spacial score (nSPS) is 13.8. The van der Waals surface area contributed by atoms with Gasteiger partial charge in [-0.15, -0.1) is 5.73 Å². The zero-order valence-corrected chi connectivity index (χ0v) is 11.2. The molecule has 102 valence electrons. The summed E-state index contributed by atoms with van der Waals surface area (Å²) in [5.41, 5.74) is 4.25. The van der Waals surface area contributed by atoms with Gasteiger partial charge in [-0.1, -0.05) is 36.4 Å². The highest BCUT2D eigenvalue weighted by atomic mass is 16.2. The Labute approximate surface area is 117 Å². The second kappa shape index (κ2) is 6.55. The first-order valence-corrected chi connectivity index (χ1v) is 6.42. The van der Waals surface area contributed by atoms with Gasteiger partial charge in [-0.05, 0) is 24.6 Å². The first-order chi connectivity index (χ1) is 9.66. The average molecular weight is 268 g/mol. The molecule has 4 nitrogen and oxygen atoms in total. The van der Waals surface area contributed by atoms with Crippen LogP contribution in [0.25, 0.3) is 0 Å². The van der Waals surface area contributed by atoms with Gasteiger partial charge in [-0.2, -0.15) is 0 Å². The summed E-state index contributed by atoms with van der Waals surface area (Å²) in [6.45, 7) is 2.10. The predicted octanol–water partition coefficient (Wildman–Crippen LogP) is 1.46. The number of hydrogen-bond donors (Lipinski definition) is 2. The molecule has 4 heteroatoms. The van der Waals surface area contributed by atoms with E-state index in [2.05, 4.69) is 16.4 Å². The van der Waals surface area contributed by atoms with Crippen molar-refractivity contribution in [1.82, 2.24) is 10.6 Å². The van der Waals surface area contributed by atoms with Crippen LogP contribution in [0.15, 0.2) is 59.9 Å². The molecule has 0 aromatic heterocycles. The molecular weight excluding hydrogens is 252 g/mol. The van der Waals surface area contributed by atoms with Crippen LogP contribution < -0.4 is 10.6 Å². The SMILES string of the molecule is C[C@H](NC(=O)C1=C=CC=C1)C(=O)NCc1ccccc1. The minimum atomic E-state index is -0.588. The molecule has 0 spiro atoms. The van der Waals surface area contributed by atoms with Gasteiger partial charge in [-0.25, -0.2) is 0 Å². The Hall–Kier alpha value is -2.58. The van der Waals surface area contributed by atoms with E-state index in [0.29, 0.717) is 12.1 Å². The molecule has 1 aromatic carbocycles. The van der Waals surface area contributed by atoms with E-state index >= 15 is 0 Å². The van der Waals surface area contributed by atoms with E-state index in [1.54, 1.807) is 25.2 Å². The van der Waals surface area contributed by atoms with Crippen molar-refractivity contribution in [3.8, 4) is 0 Å². The van der Waals surface area contributed by atoms with Crippen molar-refractivity contribution in [3.05, 3.63) is 65.4 Å². The standard InChI is InChI=1S/C16H16N2O2/c1-12(18-16(20)14-9-5-6-10-14)15(19)17-11-13-7-3-2-4-8-13/h2-9,12H,11H2,1H3,(H,17,19)(H,18,20)/t12-/m0/s1. The smallest absolute Gasteiger partial charge is 0.259 e. The van der Waals surface area contributed by atoms with Gasteiger partial charge in [0.15, 0.2) is 0 Å². The highest BCUT2D eigenvalue weighted by Crippen LogP contribution is 2.02. The molecule has 0 saturated heterocycles. The zero-order chi connectivity index (χ0) is 14.4. The Morgan fingerprint density at radius 2 is 2.00 bits per heavy atom. The lowest BCUT2D eigenvalue weighted by Gasteiger charge is -2.13. The van der Waals surface area contributed by atoms with E-state index < -0.39 is 6.04 Å². The first kappa shape index (κ1) is 13.8. The molecule has 2 N–H and O–H groups in total. The molecular formula is C16H16N2O2. The van der Waals surface area contributed by atoms with E-state index in [4.69, 9.17) is 0 Å². The molecule has 2 rings (SSSR count). The van der Waals surface area contributed by atoms with Crippen molar-refractivity contribution in [3.63, 3.8) is 0 Å². The highest BCUT2D eigenvalue weighted by Gasteiger charge is 2.17. The van der Waals surface area contributed by atoms with E-state index in [1.165, 1.54) is 0 Å². The van der Waals surface area contributed by atoms with Gasteiger partial charge in [-0.3, -0.25) is 9.59 Å². The number of hydrogen-bond acceptors (Lipinski definition) is 2. The molecule has 1 aliphatic carbocycles. The van der Waals surface area contributed by atoms with Gasteiger partial charge >= 0.3 is 0 Å². The van der Waals surface area contributed by atoms with Gasteiger partial charge in [0, 0.05) is 6.54 Å². The number of amides is 2. The van der Waals surface area contributed by atoms with Gasteiger partial charge < -0.3 is 10.6 Å². The van der Waals surface area contributed by atoms with Crippen molar-refractivity contribution >= 4 is 11.8 Å². The molecule has 0 radical (unpaired) electrons. The zero-order valence-electron chi connectivity index (χ0n) is 11.2. The predicted molar refractivity (Wildman–Crippen MR) is 76.6 cm³/mol. The van der Waals surface area contributed by atoms with Crippen molar-refractivity contribution in [1.29, 1.82) is 0 Å². The molecule has 1 aliphatic rings. The fourth-order valence-electron chi connectivity index (χ4n) is 1.75.